The highest BCUT2D eigenvalue weighted by Crippen LogP contribution is 2.44. The number of carbonyl (C=O) groups excluding carboxylic acids is 2. The monoisotopic (exact) mass is 462 g/mol. The second-order valence-electron chi connectivity index (χ2n) is 9.09. The van der Waals surface area contributed by atoms with E-state index in [0.717, 1.165) is 35.1 Å². The number of fused-ring (bicyclic) bond motifs is 3. The molecule has 7 heteroatoms. The van der Waals surface area contributed by atoms with Crippen molar-refractivity contribution in [2.75, 3.05) is 19.7 Å². The van der Waals surface area contributed by atoms with Crippen LogP contribution in [-0.2, 0) is 14.3 Å². The van der Waals surface area contributed by atoms with E-state index in [1.807, 2.05) is 24.3 Å². The zero-order valence-electron chi connectivity index (χ0n) is 19.5. The summed E-state index contributed by atoms with van der Waals surface area (Å²) >= 11 is 0. The van der Waals surface area contributed by atoms with Gasteiger partial charge in [-0.1, -0.05) is 54.6 Å². The van der Waals surface area contributed by atoms with Crippen LogP contribution in [0.15, 0.2) is 60.2 Å². The predicted molar refractivity (Wildman–Crippen MR) is 128 cm³/mol. The minimum absolute atomic E-state index is 0.0233. The smallest absolute Gasteiger partial charge is 0.407 e. The summed E-state index contributed by atoms with van der Waals surface area (Å²) in [5, 5.41) is 12.3. The Balaban J connectivity index is 1.33. The third-order valence-electron chi connectivity index (χ3n) is 6.93. The van der Waals surface area contributed by atoms with E-state index in [1.165, 1.54) is 4.90 Å². The Kier molecular flexibility index (Phi) is 6.72. The van der Waals surface area contributed by atoms with Crippen LogP contribution in [0.1, 0.15) is 50.2 Å². The Morgan fingerprint density at radius 3 is 2.32 bits per heavy atom. The summed E-state index contributed by atoms with van der Waals surface area (Å²) in [5.41, 5.74) is 3.80. The average molecular weight is 463 g/mol. The van der Waals surface area contributed by atoms with Crippen LogP contribution in [0.2, 0.25) is 0 Å². The molecule has 1 unspecified atom stereocenters. The van der Waals surface area contributed by atoms with Gasteiger partial charge in [0.15, 0.2) is 0 Å². The Labute approximate surface area is 199 Å². The van der Waals surface area contributed by atoms with Crippen molar-refractivity contribution in [2.24, 2.45) is 0 Å². The molecule has 1 heterocycles. The number of carboxylic acids is 1. The van der Waals surface area contributed by atoms with Crippen LogP contribution < -0.4 is 5.32 Å². The van der Waals surface area contributed by atoms with Gasteiger partial charge in [0.2, 0.25) is 5.91 Å². The molecule has 2 aliphatic rings. The van der Waals surface area contributed by atoms with Gasteiger partial charge >= 0.3 is 12.1 Å². The van der Waals surface area contributed by atoms with Crippen molar-refractivity contribution in [3.8, 4) is 11.1 Å². The number of rotatable bonds is 6. The number of amides is 2. The molecular weight excluding hydrogens is 432 g/mol. The first-order chi connectivity index (χ1) is 16.3. The van der Waals surface area contributed by atoms with Crippen LogP contribution in [0, 0.1) is 0 Å². The SMILES string of the molecule is C/C(=C\CNC(=O)OCC1c2ccccc2-c2ccccc21)C(=O)N1CCCCC1(C)C(=O)O. The molecule has 0 spiro atoms. The van der Waals surface area contributed by atoms with Crippen molar-refractivity contribution >= 4 is 18.0 Å². The maximum atomic E-state index is 12.9. The highest BCUT2D eigenvalue weighted by Gasteiger charge is 2.44. The number of likely N-dealkylation sites (tertiary alicyclic amines) is 1. The van der Waals surface area contributed by atoms with Crippen molar-refractivity contribution in [3.05, 3.63) is 71.3 Å². The zero-order chi connectivity index (χ0) is 24.3. The van der Waals surface area contributed by atoms with Crippen LogP contribution in [0.4, 0.5) is 4.79 Å². The molecule has 2 N–H and O–H groups in total. The number of carboxylic acid groups (broad SMARTS) is 1. The molecule has 2 amide bonds. The number of nitrogens with one attached hydrogen (secondary N) is 1. The second kappa shape index (κ2) is 9.71. The Hall–Kier alpha value is -3.61. The third kappa shape index (κ3) is 4.42. The summed E-state index contributed by atoms with van der Waals surface area (Å²) in [6, 6.07) is 16.3. The Morgan fingerprint density at radius 2 is 1.71 bits per heavy atom. The van der Waals surface area contributed by atoms with Gasteiger partial charge in [0.05, 0.1) is 0 Å². The van der Waals surface area contributed by atoms with Crippen molar-refractivity contribution < 1.29 is 24.2 Å². The quantitative estimate of drug-likeness (QED) is 0.623. The Morgan fingerprint density at radius 1 is 1.09 bits per heavy atom. The van der Waals surface area contributed by atoms with Crippen molar-refractivity contribution in [3.63, 3.8) is 0 Å². The van der Waals surface area contributed by atoms with E-state index in [2.05, 4.69) is 29.6 Å². The lowest BCUT2D eigenvalue weighted by atomic mass is 9.88. The van der Waals surface area contributed by atoms with E-state index in [-0.39, 0.29) is 25.0 Å². The van der Waals surface area contributed by atoms with Crippen LogP contribution in [0.3, 0.4) is 0 Å². The van der Waals surface area contributed by atoms with Crippen molar-refractivity contribution in [2.45, 2.75) is 44.6 Å². The first-order valence-electron chi connectivity index (χ1n) is 11.6. The van der Waals surface area contributed by atoms with Crippen molar-refractivity contribution in [1.82, 2.24) is 10.2 Å². The van der Waals surface area contributed by atoms with Gasteiger partial charge in [-0.3, -0.25) is 4.79 Å². The Bertz CT molecular complexity index is 1100. The minimum atomic E-state index is -1.20. The second-order valence-corrected chi connectivity index (χ2v) is 9.09. The standard InChI is InChI=1S/C27H30N2O5/c1-18(24(30)29-16-8-7-14-27(29,2)25(31)32)13-15-28-26(33)34-17-23-21-11-5-3-9-19(21)20-10-4-6-12-22(20)23/h3-6,9-13,23H,7-8,14-17H2,1-2H3,(H,28,33)(H,31,32)/b18-13+. The number of hydrogen-bond acceptors (Lipinski definition) is 4. The fourth-order valence-corrected chi connectivity index (χ4v) is 4.91. The largest absolute Gasteiger partial charge is 0.480 e. The van der Waals surface area contributed by atoms with Gasteiger partial charge in [-0.15, -0.1) is 0 Å². The molecule has 0 aromatic heterocycles. The van der Waals surface area contributed by atoms with Gasteiger partial charge in [0.1, 0.15) is 12.1 Å². The molecule has 1 fully saturated rings. The molecule has 1 aliphatic carbocycles. The molecule has 4 rings (SSSR count). The molecule has 2 aromatic carbocycles. The zero-order valence-corrected chi connectivity index (χ0v) is 19.5. The first kappa shape index (κ1) is 23.5. The molecule has 2 aromatic rings. The number of ether oxygens (including phenoxy) is 1. The van der Waals surface area contributed by atoms with Gasteiger partial charge in [-0.2, -0.15) is 0 Å². The fraction of sp³-hybridized carbons (Fsp3) is 0.370. The fourth-order valence-electron chi connectivity index (χ4n) is 4.91. The summed E-state index contributed by atoms with van der Waals surface area (Å²) in [7, 11) is 0. The molecule has 0 saturated carbocycles. The van der Waals surface area contributed by atoms with Gasteiger partial charge in [-0.05, 0) is 55.4 Å². The highest BCUT2D eigenvalue weighted by atomic mass is 16.5. The van der Waals surface area contributed by atoms with Crippen LogP contribution >= 0.6 is 0 Å². The summed E-state index contributed by atoms with van der Waals surface area (Å²) < 4.78 is 5.51. The van der Waals surface area contributed by atoms with Gasteiger partial charge < -0.3 is 20.1 Å². The first-order valence-corrected chi connectivity index (χ1v) is 11.6. The summed E-state index contributed by atoms with van der Waals surface area (Å²) in [5.74, 6) is -1.34. The summed E-state index contributed by atoms with van der Waals surface area (Å²) in [6.07, 6.45) is 3.02. The van der Waals surface area contributed by atoms with E-state index < -0.39 is 17.6 Å². The van der Waals surface area contributed by atoms with E-state index in [4.69, 9.17) is 4.74 Å². The van der Waals surface area contributed by atoms with Gasteiger partial charge in [0, 0.05) is 24.6 Å². The molecule has 1 atom stereocenters. The van der Waals surface area contributed by atoms with Gasteiger partial charge in [0.25, 0.3) is 0 Å². The maximum Gasteiger partial charge on any atom is 0.407 e. The number of carbonyl (C=O) groups is 3. The highest BCUT2D eigenvalue weighted by molar-refractivity contribution is 5.97. The molecule has 1 saturated heterocycles. The molecule has 34 heavy (non-hydrogen) atoms. The molecule has 0 bridgehead atoms. The van der Waals surface area contributed by atoms with Crippen molar-refractivity contribution in [1.29, 1.82) is 0 Å². The molecule has 0 radical (unpaired) electrons. The number of nitrogens with zero attached hydrogens (tertiary/aromatic N) is 1. The predicted octanol–water partition coefficient (Wildman–Crippen LogP) is 4.33. The molecular formula is C27H30N2O5. The number of benzene rings is 2. The maximum absolute atomic E-state index is 12.9. The normalized spacial score (nSPS) is 19.8. The summed E-state index contributed by atoms with van der Waals surface area (Å²) in [4.78, 5) is 38.4. The summed E-state index contributed by atoms with van der Waals surface area (Å²) in [6.45, 7) is 3.97. The van der Waals surface area contributed by atoms with E-state index in [9.17, 15) is 19.5 Å². The third-order valence-corrected chi connectivity index (χ3v) is 6.93. The van der Waals surface area contributed by atoms with Gasteiger partial charge in [-0.25, -0.2) is 9.59 Å². The molecule has 7 nitrogen and oxygen atoms in total. The average Bonchev–Trinajstić information content (AvgIpc) is 3.16. The number of hydrogen-bond donors (Lipinski definition) is 2. The minimum Gasteiger partial charge on any atom is -0.480 e. The molecule has 1 aliphatic heterocycles. The van der Waals surface area contributed by atoms with Crippen LogP contribution in [-0.4, -0.2) is 53.2 Å². The molecule has 178 valence electrons. The van der Waals surface area contributed by atoms with E-state index in [0.29, 0.717) is 18.5 Å². The topological polar surface area (TPSA) is 95.9 Å². The van der Waals surface area contributed by atoms with E-state index in [1.54, 1.807) is 19.9 Å². The number of piperidine rings is 1. The van der Waals surface area contributed by atoms with E-state index >= 15 is 0 Å². The lowest BCUT2D eigenvalue weighted by Crippen LogP contribution is -2.57. The number of alkyl carbamates (subject to hydrolysis) is 1. The number of aliphatic carboxylic acids is 1. The lowest BCUT2D eigenvalue weighted by Gasteiger charge is -2.41. The van der Waals surface area contributed by atoms with Crippen LogP contribution in [0.5, 0.6) is 0 Å². The lowest BCUT2D eigenvalue weighted by molar-refractivity contribution is -0.159. The van der Waals surface area contributed by atoms with Crippen LogP contribution in [0.25, 0.3) is 11.1 Å².